The number of ether oxygens (including phenoxy) is 2. The van der Waals surface area contributed by atoms with Crippen molar-refractivity contribution in [2.24, 2.45) is 5.73 Å². The number of esters is 2. The van der Waals surface area contributed by atoms with Gasteiger partial charge in [-0.3, -0.25) is 10.5 Å². The number of carbonyl (C=O) groups is 3. The lowest BCUT2D eigenvalue weighted by atomic mass is 10.1. The fourth-order valence-electron chi connectivity index (χ4n) is 1.86. The van der Waals surface area contributed by atoms with Crippen LogP contribution in [0.15, 0.2) is 30.3 Å². The number of hydrogen-bond donors (Lipinski definition) is 2. The number of nitrogens with one attached hydrogen (secondary N) is 1. The highest BCUT2D eigenvalue weighted by Crippen LogP contribution is 2.07. The van der Waals surface area contributed by atoms with Gasteiger partial charge in [-0.25, -0.2) is 9.59 Å². The van der Waals surface area contributed by atoms with Gasteiger partial charge in [-0.2, -0.15) is 0 Å². The van der Waals surface area contributed by atoms with Gasteiger partial charge in [0.15, 0.2) is 0 Å². The second kappa shape index (κ2) is 8.89. The Morgan fingerprint density at radius 2 is 1.57 bits per heavy atom. The van der Waals surface area contributed by atoms with Crippen molar-refractivity contribution in [1.82, 2.24) is 5.32 Å². The standard InChI is InChI=1S/C16H22N2O5/c1-3-22-14(20)16(17,15(21)23-4-2)18-13(19)11-10-12-8-6-5-7-9-12/h5-9H,3-4,10-11,17H2,1-2H3,(H,18,19). The molecule has 0 aliphatic rings. The molecule has 0 atom stereocenters. The van der Waals surface area contributed by atoms with Gasteiger partial charge < -0.3 is 14.8 Å². The normalized spacial score (nSPS) is 10.7. The van der Waals surface area contributed by atoms with E-state index in [1.54, 1.807) is 13.8 Å². The maximum absolute atomic E-state index is 12.0. The molecule has 0 saturated heterocycles. The topological polar surface area (TPSA) is 108 Å². The molecule has 126 valence electrons. The molecule has 0 saturated carbocycles. The minimum atomic E-state index is -2.33. The molecule has 1 amide bonds. The third-order valence-corrected chi connectivity index (χ3v) is 3.01. The fourth-order valence-corrected chi connectivity index (χ4v) is 1.86. The van der Waals surface area contributed by atoms with E-state index < -0.39 is 23.5 Å². The number of rotatable bonds is 8. The van der Waals surface area contributed by atoms with E-state index in [0.717, 1.165) is 5.56 Å². The molecule has 0 unspecified atom stereocenters. The molecule has 1 aromatic carbocycles. The van der Waals surface area contributed by atoms with Crippen LogP contribution in [0, 0.1) is 0 Å². The molecule has 1 aromatic rings. The molecule has 1 rings (SSSR count). The van der Waals surface area contributed by atoms with Crippen LogP contribution in [0.5, 0.6) is 0 Å². The van der Waals surface area contributed by atoms with Crippen molar-refractivity contribution in [2.75, 3.05) is 13.2 Å². The number of carbonyl (C=O) groups excluding carboxylic acids is 3. The van der Waals surface area contributed by atoms with Crippen molar-refractivity contribution in [3.05, 3.63) is 35.9 Å². The van der Waals surface area contributed by atoms with Gasteiger partial charge in [-0.15, -0.1) is 0 Å². The average molecular weight is 322 g/mol. The number of aryl methyl sites for hydroxylation is 1. The Hall–Kier alpha value is -2.41. The summed E-state index contributed by atoms with van der Waals surface area (Å²) < 4.78 is 9.52. The number of benzene rings is 1. The summed E-state index contributed by atoms with van der Waals surface area (Å²) in [5, 5.41) is 2.22. The second-order valence-electron chi connectivity index (χ2n) is 4.78. The van der Waals surface area contributed by atoms with Crippen LogP contribution in [-0.2, 0) is 30.3 Å². The predicted molar refractivity (Wildman–Crippen MR) is 83.1 cm³/mol. The molecule has 0 aromatic heterocycles. The molecular formula is C16H22N2O5. The highest BCUT2D eigenvalue weighted by Gasteiger charge is 2.46. The minimum absolute atomic E-state index is 0.0249. The van der Waals surface area contributed by atoms with Crippen LogP contribution in [0.1, 0.15) is 25.8 Å². The Bertz CT molecular complexity index is 527. The van der Waals surface area contributed by atoms with Gasteiger partial charge in [0, 0.05) is 6.42 Å². The minimum Gasteiger partial charge on any atom is -0.463 e. The first-order valence-corrected chi connectivity index (χ1v) is 7.42. The molecular weight excluding hydrogens is 300 g/mol. The predicted octanol–water partition coefficient (Wildman–Crippen LogP) is 0.517. The zero-order valence-electron chi connectivity index (χ0n) is 13.3. The van der Waals surface area contributed by atoms with Crippen molar-refractivity contribution in [1.29, 1.82) is 0 Å². The van der Waals surface area contributed by atoms with E-state index in [4.69, 9.17) is 15.2 Å². The van der Waals surface area contributed by atoms with Crippen molar-refractivity contribution in [3.8, 4) is 0 Å². The van der Waals surface area contributed by atoms with Gasteiger partial charge in [-0.1, -0.05) is 30.3 Å². The summed E-state index contributed by atoms with van der Waals surface area (Å²) in [6, 6.07) is 9.34. The van der Waals surface area contributed by atoms with Crippen LogP contribution < -0.4 is 11.1 Å². The van der Waals surface area contributed by atoms with Crippen molar-refractivity contribution in [3.63, 3.8) is 0 Å². The molecule has 0 aliphatic heterocycles. The van der Waals surface area contributed by atoms with Crippen LogP contribution >= 0.6 is 0 Å². The Balaban J connectivity index is 2.73. The lowest BCUT2D eigenvalue weighted by Crippen LogP contribution is -2.67. The van der Waals surface area contributed by atoms with Crippen LogP contribution in [0.4, 0.5) is 0 Å². The first-order valence-electron chi connectivity index (χ1n) is 7.42. The zero-order chi connectivity index (χ0) is 17.3. The van der Waals surface area contributed by atoms with Crippen LogP contribution in [0.2, 0.25) is 0 Å². The maximum Gasteiger partial charge on any atom is 0.359 e. The third-order valence-electron chi connectivity index (χ3n) is 3.01. The number of hydrogen-bond acceptors (Lipinski definition) is 6. The first kappa shape index (κ1) is 18.6. The van der Waals surface area contributed by atoms with E-state index in [2.05, 4.69) is 5.32 Å². The Kier molecular flexibility index (Phi) is 7.21. The first-order chi connectivity index (χ1) is 10.9. The van der Waals surface area contributed by atoms with Crippen LogP contribution in [0.25, 0.3) is 0 Å². The molecule has 7 heteroatoms. The molecule has 0 fully saturated rings. The Labute approximate surface area is 135 Å². The average Bonchev–Trinajstić information content (AvgIpc) is 2.54. The molecule has 0 bridgehead atoms. The van der Waals surface area contributed by atoms with Crippen molar-refractivity contribution < 1.29 is 23.9 Å². The van der Waals surface area contributed by atoms with Gasteiger partial charge in [-0.05, 0) is 25.8 Å². The number of amides is 1. The largest absolute Gasteiger partial charge is 0.463 e. The highest BCUT2D eigenvalue weighted by molar-refractivity contribution is 6.07. The molecule has 0 aliphatic carbocycles. The van der Waals surface area contributed by atoms with E-state index in [1.807, 2.05) is 30.3 Å². The zero-order valence-corrected chi connectivity index (χ0v) is 13.3. The van der Waals surface area contributed by atoms with E-state index >= 15 is 0 Å². The number of nitrogens with two attached hydrogens (primary N) is 1. The summed E-state index contributed by atoms with van der Waals surface area (Å²) >= 11 is 0. The Morgan fingerprint density at radius 3 is 2.04 bits per heavy atom. The summed E-state index contributed by atoms with van der Waals surface area (Å²) in [7, 11) is 0. The van der Waals surface area contributed by atoms with Gasteiger partial charge in [0.1, 0.15) is 0 Å². The van der Waals surface area contributed by atoms with E-state index in [9.17, 15) is 14.4 Å². The molecule has 3 N–H and O–H groups in total. The van der Waals surface area contributed by atoms with E-state index in [-0.39, 0.29) is 19.6 Å². The molecule has 0 spiro atoms. The molecule has 0 radical (unpaired) electrons. The van der Waals surface area contributed by atoms with Crippen LogP contribution in [-0.4, -0.2) is 36.7 Å². The quantitative estimate of drug-likeness (QED) is 0.410. The van der Waals surface area contributed by atoms with E-state index in [1.165, 1.54) is 0 Å². The molecule has 23 heavy (non-hydrogen) atoms. The van der Waals surface area contributed by atoms with Gasteiger partial charge >= 0.3 is 11.9 Å². The lowest BCUT2D eigenvalue weighted by molar-refractivity contribution is -0.167. The maximum atomic E-state index is 12.0. The van der Waals surface area contributed by atoms with Gasteiger partial charge in [0.05, 0.1) is 13.2 Å². The highest BCUT2D eigenvalue weighted by atomic mass is 16.6. The lowest BCUT2D eigenvalue weighted by Gasteiger charge is -2.25. The summed E-state index contributed by atoms with van der Waals surface area (Å²) in [6.45, 7) is 3.19. The SMILES string of the molecule is CCOC(=O)C(N)(NC(=O)CCc1ccccc1)C(=O)OCC. The summed E-state index contributed by atoms with van der Waals surface area (Å²) in [6.07, 6.45) is 0.524. The van der Waals surface area contributed by atoms with E-state index in [0.29, 0.717) is 6.42 Å². The summed E-state index contributed by atoms with van der Waals surface area (Å²) in [5.41, 5.74) is 4.37. The second-order valence-corrected chi connectivity index (χ2v) is 4.78. The smallest absolute Gasteiger partial charge is 0.359 e. The summed E-state index contributed by atoms with van der Waals surface area (Å²) in [5.74, 6) is -2.64. The van der Waals surface area contributed by atoms with Gasteiger partial charge in [0.25, 0.3) is 5.66 Å². The van der Waals surface area contributed by atoms with Gasteiger partial charge in [0.2, 0.25) is 5.91 Å². The Morgan fingerprint density at radius 1 is 1.04 bits per heavy atom. The van der Waals surface area contributed by atoms with Crippen molar-refractivity contribution >= 4 is 17.8 Å². The molecule has 7 nitrogen and oxygen atoms in total. The van der Waals surface area contributed by atoms with Crippen LogP contribution in [0.3, 0.4) is 0 Å². The molecule has 0 heterocycles. The van der Waals surface area contributed by atoms with Crippen molar-refractivity contribution in [2.45, 2.75) is 32.4 Å². The monoisotopic (exact) mass is 322 g/mol. The third kappa shape index (κ3) is 5.37. The summed E-state index contributed by atoms with van der Waals surface area (Å²) in [4.78, 5) is 35.9. The fraction of sp³-hybridized carbons (Fsp3) is 0.438.